The van der Waals surface area contributed by atoms with Crippen LogP contribution in [0.5, 0.6) is 0 Å². The molecule has 14 heteroatoms. The molecule has 0 fully saturated rings. The Balaban J connectivity index is -0.000000351. The highest BCUT2D eigenvalue weighted by atomic mass is 32.1. The number of hydrazine groups is 1. The van der Waals surface area contributed by atoms with Gasteiger partial charge in [-0.3, -0.25) is 19.9 Å². The number of hydroxylamine groups is 4. The lowest BCUT2D eigenvalue weighted by Crippen LogP contribution is -2.30. The van der Waals surface area contributed by atoms with Gasteiger partial charge in [0.1, 0.15) is 0 Å². The van der Waals surface area contributed by atoms with Crippen LogP contribution in [0.25, 0.3) is 0 Å². The molecule has 0 aliphatic rings. The average molecular weight is 435 g/mol. The van der Waals surface area contributed by atoms with Crippen molar-refractivity contribution in [1.82, 2.24) is 27.3 Å². The molecule has 7 N–H and O–H groups in total. The van der Waals surface area contributed by atoms with Crippen molar-refractivity contribution in [2.24, 2.45) is 5.84 Å². The van der Waals surface area contributed by atoms with Gasteiger partial charge < -0.3 is 19.1 Å². The second kappa shape index (κ2) is 33.9. The molecule has 0 aliphatic carbocycles. The molecule has 172 valence electrons. The van der Waals surface area contributed by atoms with Gasteiger partial charge in [-0.05, 0) is 0 Å². The van der Waals surface area contributed by atoms with E-state index in [2.05, 4.69) is 50.1 Å². The van der Waals surface area contributed by atoms with E-state index < -0.39 is 0 Å². The summed E-state index contributed by atoms with van der Waals surface area (Å²) in [4.78, 5) is 28.7. The quantitative estimate of drug-likeness (QED) is 0.0425. The summed E-state index contributed by atoms with van der Waals surface area (Å²) in [5.74, 6) is 4.52. The first-order chi connectivity index (χ1) is 13.6. The topological polar surface area (TPSA) is 159 Å². The van der Waals surface area contributed by atoms with Gasteiger partial charge in [-0.1, -0.05) is 0 Å². The van der Waals surface area contributed by atoms with Crippen molar-refractivity contribution in [3.63, 3.8) is 0 Å². The minimum absolute atomic E-state index is 0.149. The van der Waals surface area contributed by atoms with Gasteiger partial charge in [0.25, 0.3) is 0 Å². The molecule has 0 atom stereocenters. The third-order valence-electron chi connectivity index (χ3n) is 2.24. The predicted octanol–water partition coefficient (Wildman–Crippen LogP) is -2.48. The van der Waals surface area contributed by atoms with Gasteiger partial charge in [0.15, 0.2) is 0 Å². The van der Waals surface area contributed by atoms with E-state index in [1.165, 1.54) is 0 Å². The van der Waals surface area contributed by atoms with Crippen LogP contribution in [0.4, 0.5) is 0 Å². The Morgan fingerprint density at radius 1 is 0.821 bits per heavy atom. The van der Waals surface area contributed by atoms with Crippen LogP contribution in [0.15, 0.2) is 0 Å². The van der Waals surface area contributed by atoms with Gasteiger partial charge in [0.05, 0.1) is 59.6 Å². The van der Waals surface area contributed by atoms with Gasteiger partial charge in [-0.2, -0.15) is 12.6 Å². The molecule has 13 nitrogen and oxygen atoms in total. The van der Waals surface area contributed by atoms with Crippen LogP contribution in [-0.4, -0.2) is 92.7 Å². The first-order valence-corrected chi connectivity index (χ1v) is 9.12. The van der Waals surface area contributed by atoms with E-state index in [0.717, 1.165) is 0 Å². The van der Waals surface area contributed by atoms with Crippen molar-refractivity contribution in [3.05, 3.63) is 0 Å². The lowest BCUT2D eigenvalue weighted by atomic mass is 10.7. The van der Waals surface area contributed by atoms with Gasteiger partial charge in [0.2, 0.25) is 5.91 Å². The van der Waals surface area contributed by atoms with E-state index in [0.29, 0.717) is 52.7 Å². The SMILES string of the molecule is CNOCCOCCONC.CONCCOCCNOC.NNC(=O)CS. The molecule has 0 saturated carbocycles. The summed E-state index contributed by atoms with van der Waals surface area (Å²) >= 11 is 3.60. The van der Waals surface area contributed by atoms with Crippen LogP contribution in [-0.2, 0) is 33.6 Å². The lowest BCUT2D eigenvalue weighted by molar-refractivity contribution is -0.118. The fraction of sp³-hybridized carbons (Fsp3) is 0.929. The zero-order chi connectivity index (χ0) is 21.7. The number of hydrogen-bond acceptors (Lipinski definition) is 13. The molecule has 0 saturated heterocycles. The van der Waals surface area contributed by atoms with Crippen LogP contribution in [0, 0.1) is 0 Å². The second-order valence-corrected chi connectivity index (χ2v) is 4.57. The number of hydrogen-bond donors (Lipinski definition) is 7. The third kappa shape index (κ3) is 40.2. The summed E-state index contributed by atoms with van der Waals surface area (Å²) in [5.41, 5.74) is 12.3. The smallest absolute Gasteiger partial charge is 0.243 e. The van der Waals surface area contributed by atoms with E-state index in [4.69, 9.17) is 19.1 Å². The molecule has 0 heterocycles. The molecule has 0 bridgehead atoms. The summed E-state index contributed by atoms with van der Waals surface area (Å²) in [6.07, 6.45) is 0. The maximum atomic E-state index is 9.87. The van der Waals surface area contributed by atoms with Crippen molar-refractivity contribution in [2.45, 2.75) is 0 Å². The number of rotatable bonds is 17. The Hall–Kier alpha value is -0.620. The Kier molecular flexibility index (Phi) is 38.8. The molecule has 0 radical (unpaired) electrons. The summed E-state index contributed by atoms with van der Waals surface area (Å²) in [6, 6.07) is 0. The van der Waals surface area contributed by atoms with Gasteiger partial charge in [0, 0.05) is 27.2 Å². The number of ether oxygens (including phenoxy) is 2. The van der Waals surface area contributed by atoms with Crippen molar-refractivity contribution in [1.29, 1.82) is 0 Å². The van der Waals surface area contributed by atoms with E-state index in [1.807, 2.05) is 5.43 Å². The first kappa shape index (κ1) is 32.1. The van der Waals surface area contributed by atoms with Gasteiger partial charge in [-0.25, -0.2) is 27.8 Å². The minimum Gasteiger partial charge on any atom is -0.379 e. The highest BCUT2D eigenvalue weighted by Crippen LogP contribution is 1.75. The van der Waals surface area contributed by atoms with Crippen LogP contribution in [0.3, 0.4) is 0 Å². The molecule has 0 spiro atoms. The molecule has 0 aromatic carbocycles. The second-order valence-electron chi connectivity index (χ2n) is 4.25. The molecule has 0 aromatic rings. The van der Waals surface area contributed by atoms with Crippen LogP contribution < -0.4 is 33.2 Å². The van der Waals surface area contributed by atoms with E-state index >= 15 is 0 Å². The maximum Gasteiger partial charge on any atom is 0.243 e. The molecule has 0 unspecified atom stereocenters. The number of nitrogens with two attached hydrogens (primary N) is 1. The normalized spacial score (nSPS) is 9.79. The van der Waals surface area contributed by atoms with Gasteiger partial charge >= 0.3 is 0 Å². The summed E-state index contributed by atoms with van der Waals surface area (Å²) in [6.45, 7) is 4.93. The zero-order valence-corrected chi connectivity index (χ0v) is 18.1. The van der Waals surface area contributed by atoms with Crippen LogP contribution in [0.1, 0.15) is 0 Å². The zero-order valence-electron chi connectivity index (χ0n) is 17.2. The van der Waals surface area contributed by atoms with Gasteiger partial charge in [-0.15, -0.1) is 0 Å². The molecule has 0 aromatic heterocycles. The molecule has 1 amide bonds. The summed E-state index contributed by atoms with van der Waals surface area (Å²) in [5, 5.41) is 0. The number of thiol groups is 1. The number of carbonyl (C=O) groups excluding carboxylic acids is 1. The van der Waals surface area contributed by atoms with Crippen molar-refractivity contribution in [3.8, 4) is 0 Å². The summed E-state index contributed by atoms with van der Waals surface area (Å²) in [7, 11) is 6.58. The maximum absolute atomic E-state index is 9.87. The largest absolute Gasteiger partial charge is 0.379 e. The molecular formula is C14H38N6O7S. The van der Waals surface area contributed by atoms with Crippen molar-refractivity contribution >= 4 is 18.5 Å². The third-order valence-corrected chi connectivity index (χ3v) is 2.53. The van der Waals surface area contributed by atoms with Crippen LogP contribution in [0.2, 0.25) is 0 Å². The van der Waals surface area contributed by atoms with Crippen LogP contribution >= 0.6 is 12.6 Å². The van der Waals surface area contributed by atoms with E-state index in [-0.39, 0.29) is 11.7 Å². The van der Waals surface area contributed by atoms with E-state index in [1.54, 1.807) is 28.3 Å². The molecule has 0 rings (SSSR count). The standard InChI is InChI=1S/2C6H16N2O3.C2H6N2OS/c1-9-7-3-5-11-6-4-8-10-2;1-7-10-5-3-9-4-6-11-8-2;3-4-2(5)1-6/h2*7-8H,3-6H2,1-2H3;6H,1,3H2,(H,4,5). The Labute approximate surface area is 172 Å². The fourth-order valence-electron chi connectivity index (χ4n) is 1.09. The number of amides is 1. The Bertz CT molecular complexity index is 247. The summed E-state index contributed by atoms with van der Waals surface area (Å²) < 4.78 is 10.3. The predicted molar refractivity (Wildman–Crippen MR) is 108 cm³/mol. The molecule has 28 heavy (non-hydrogen) atoms. The molecule has 0 aliphatic heterocycles. The Morgan fingerprint density at radius 2 is 1.25 bits per heavy atom. The molecular weight excluding hydrogens is 396 g/mol. The van der Waals surface area contributed by atoms with E-state index in [9.17, 15) is 4.79 Å². The van der Waals surface area contributed by atoms with Crippen molar-refractivity contribution < 1.29 is 33.6 Å². The Morgan fingerprint density at radius 3 is 1.54 bits per heavy atom. The fourth-order valence-corrected chi connectivity index (χ4v) is 1.18. The first-order valence-electron chi connectivity index (χ1n) is 8.48. The average Bonchev–Trinajstić information content (AvgIpc) is 2.73. The highest BCUT2D eigenvalue weighted by Gasteiger charge is 1.88. The van der Waals surface area contributed by atoms with Crippen molar-refractivity contribution in [2.75, 3.05) is 86.8 Å². The minimum atomic E-state index is -0.265. The monoisotopic (exact) mass is 434 g/mol. The highest BCUT2D eigenvalue weighted by molar-refractivity contribution is 7.81. The lowest BCUT2D eigenvalue weighted by Gasteiger charge is -2.04. The number of carbonyl (C=O) groups is 1. The number of nitrogens with one attached hydrogen (secondary N) is 5.